The zero-order valence-electron chi connectivity index (χ0n) is 11.4. The second-order valence-corrected chi connectivity index (χ2v) is 8.16. The molecule has 1 aliphatic carbocycles. The summed E-state index contributed by atoms with van der Waals surface area (Å²) in [6.07, 6.45) is 5.62. The van der Waals surface area contributed by atoms with Crippen LogP contribution in [0.3, 0.4) is 0 Å². The van der Waals surface area contributed by atoms with Gasteiger partial charge in [0, 0.05) is 12.6 Å². The summed E-state index contributed by atoms with van der Waals surface area (Å²) in [7, 11) is -2.90. The highest BCUT2D eigenvalue weighted by Crippen LogP contribution is 2.33. The van der Waals surface area contributed by atoms with E-state index >= 15 is 0 Å². The fourth-order valence-electron chi connectivity index (χ4n) is 3.38. The number of Topliss-reactive ketones (excluding diaryl/α,β-unsaturated/α-hetero) is 1. The molecule has 0 spiro atoms. The molecule has 0 saturated carbocycles. The van der Waals surface area contributed by atoms with E-state index in [0.717, 1.165) is 25.0 Å². The van der Waals surface area contributed by atoms with Gasteiger partial charge in [-0.2, -0.15) is 0 Å². The summed E-state index contributed by atoms with van der Waals surface area (Å²) in [5.41, 5.74) is 2.10. The lowest BCUT2D eigenvalue weighted by molar-refractivity contribution is -0.121. The number of aromatic nitrogens is 1. The van der Waals surface area contributed by atoms with Gasteiger partial charge in [-0.1, -0.05) is 6.07 Å². The summed E-state index contributed by atoms with van der Waals surface area (Å²) in [4.78, 5) is 16.9. The molecule has 0 bridgehead atoms. The van der Waals surface area contributed by atoms with Crippen molar-refractivity contribution in [3.63, 3.8) is 0 Å². The summed E-state index contributed by atoms with van der Waals surface area (Å²) < 4.78 is 22.9. The lowest BCUT2D eigenvalue weighted by Gasteiger charge is -2.24. The molecule has 1 aliphatic heterocycles. The Morgan fingerprint density at radius 3 is 2.95 bits per heavy atom. The Bertz CT molecular complexity index is 624. The molecule has 0 aromatic carbocycles. The van der Waals surface area contributed by atoms with Crippen molar-refractivity contribution in [2.24, 2.45) is 5.92 Å². The Labute approximate surface area is 119 Å². The highest BCUT2D eigenvalue weighted by atomic mass is 32.2. The van der Waals surface area contributed by atoms with Crippen molar-refractivity contribution in [1.82, 2.24) is 4.98 Å². The van der Waals surface area contributed by atoms with Gasteiger partial charge in [0.2, 0.25) is 0 Å². The zero-order chi connectivity index (χ0) is 14.2. The van der Waals surface area contributed by atoms with Gasteiger partial charge in [0.15, 0.2) is 9.84 Å². The van der Waals surface area contributed by atoms with Gasteiger partial charge < -0.3 is 0 Å². The third-order valence-corrected chi connectivity index (χ3v) is 6.24. The third kappa shape index (κ3) is 2.77. The van der Waals surface area contributed by atoms with Crippen LogP contribution in [-0.2, 0) is 21.1 Å². The van der Waals surface area contributed by atoms with Crippen LogP contribution in [0.15, 0.2) is 18.3 Å². The molecule has 1 fully saturated rings. The van der Waals surface area contributed by atoms with E-state index in [2.05, 4.69) is 4.98 Å². The molecule has 2 heterocycles. The van der Waals surface area contributed by atoms with Crippen LogP contribution in [0.4, 0.5) is 0 Å². The van der Waals surface area contributed by atoms with Crippen LogP contribution in [0.2, 0.25) is 0 Å². The van der Waals surface area contributed by atoms with Crippen LogP contribution in [0.5, 0.6) is 0 Å². The minimum Gasteiger partial charge on any atom is -0.299 e. The van der Waals surface area contributed by atoms with Crippen molar-refractivity contribution in [2.75, 3.05) is 11.5 Å². The van der Waals surface area contributed by atoms with Gasteiger partial charge in [-0.05, 0) is 43.2 Å². The minimum absolute atomic E-state index is 0.0154. The number of aryl methyl sites for hydroxylation is 1. The number of hydrogen-bond donors (Lipinski definition) is 0. The van der Waals surface area contributed by atoms with E-state index in [1.54, 1.807) is 6.20 Å². The monoisotopic (exact) mass is 293 g/mol. The first-order valence-corrected chi connectivity index (χ1v) is 9.04. The average Bonchev–Trinajstić information content (AvgIpc) is 2.77. The molecule has 2 aliphatic rings. The maximum absolute atomic E-state index is 12.5. The molecule has 20 heavy (non-hydrogen) atoms. The summed E-state index contributed by atoms with van der Waals surface area (Å²) in [6.45, 7) is 0. The van der Waals surface area contributed by atoms with Crippen LogP contribution in [0.1, 0.15) is 42.9 Å². The van der Waals surface area contributed by atoms with Gasteiger partial charge in [0.1, 0.15) is 5.78 Å². The normalized spacial score (nSPS) is 28.0. The number of pyridine rings is 1. The minimum atomic E-state index is -2.90. The van der Waals surface area contributed by atoms with Gasteiger partial charge in [0.25, 0.3) is 0 Å². The van der Waals surface area contributed by atoms with E-state index in [9.17, 15) is 13.2 Å². The van der Waals surface area contributed by atoms with Crippen molar-refractivity contribution in [1.29, 1.82) is 0 Å². The highest BCUT2D eigenvalue weighted by Gasteiger charge is 2.33. The summed E-state index contributed by atoms with van der Waals surface area (Å²) in [5, 5.41) is 0. The molecule has 0 radical (unpaired) electrons. The first kappa shape index (κ1) is 13.7. The molecular formula is C15H19NO3S. The Morgan fingerprint density at radius 2 is 2.20 bits per heavy atom. The number of carbonyl (C=O) groups is 1. The van der Waals surface area contributed by atoms with E-state index < -0.39 is 9.84 Å². The molecule has 5 heteroatoms. The van der Waals surface area contributed by atoms with E-state index in [1.807, 2.05) is 12.1 Å². The Balaban J connectivity index is 1.73. The summed E-state index contributed by atoms with van der Waals surface area (Å²) in [6, 6.07) is 3.96. The van der Waals surface area contributed by atoms with Crippen molar-refractivity contribution in [3.05, 3.63) is 29.6 Å². The number of ketones is 1. The van der Waals surface area contributed by atoms with Crippen molar-refractivity contribution in [2.45, 2.75) is 38.0 Å². The summed E-state index contributed by atoms with van der Waals surface area (Å²) in [5.74, 6) is 0.488. The number of fused-ring (bicyclic) bond motifs is 1. The van der Waals surface area contributed by atoms with Gasteiger partial charge in [0.05, 0.1) is 23.1 Å². The molecule has 108 valence electrons. The number of hydrogen-bond acceptors (Lipinski definition) is 4. The van der Waals surface area contributed by atoms with Crippen LogP contribution in [0, 0.1) is 5.92 Å². The average molecular weight is 293 g/mol. The molecule has 2 unspecified atom stereocenters. The molecule has 1 aromatic heterocycles. The lowest BCUT2D eigenvalue weighted by Crippen LogP contribution is -2.22. The van der Waals surface area contributed by atoms with Gasteiger partial charge in [-0.15, -0.1) is 0 Å². The first-order chi connectivity index (χ1) is 9.55. The highest BCUT2D eigenvalue weighted by molar-refractivity contribution is 7.91. The van der Waals surface area contributed by atoms with Crippen LogP contribution in [-0.4, -0.2) is 30.7 Å². The molecule has 2 atom stereocenters. The fourth-order valence-corrected chi connectivity index (χ4v) is 5.24. The SMILES string of the molecule is O=C(CC1CCS(=O)(=O)C1)C1CCCc2cccnc21. The topological polar surface area (TPSA) is 64.1 Å². The van der Waals surface area contributed by atoms with E-state index in [-0.39, 0.29) is 29.1 Å². The van der Waals surface area contributed by atoms with Crippen molar-refractivity contribution < 1.29 is 13.2 Å². The number of rotatable bonds is 3. The third-order valence-electron chi connectivity index (χ3n) is 4.40. The molecule has 3 rings (SSSR count). The zero-order valence-corrected chi connectivity index (χ0v) is 12.2. The maximum Gasteiger partial charge on any atom is 0.150 e. The smallest absolute Gasteiger partial charge is 0.150 e. The molecule has 0 amide bonds. The van der Waals surface area contributed by atoms with Crippen molar-refractivity contribution >= 4 is 15.6 Å². The molecule has 0 N–H and O–H groups in total. The maximum atomic E-state index is 12.5. The van der Waals surface area contributed by atoms with Gasteiger partial charge in [-0.3, -0.25) is 9.78 Å². The largest absolute Gasteiger partial charge is 0.299 e. The van der Waals surface area contributed by atoms with Crippen LogP contribution >= 0.6 is 0 Å². The second kappa shape index (κ2) is 5.28. The lowest BCUT2D eigenvalue weighted by atomic mass is 9.81. The molecule has 1 aromatic rings. The second-order valence-electron chi connectivity index (χ2n) is 5.93. The van der Waals surface area contributed by atoms with Crippen LogP contribution < -0.4 is 0 Å². The molecular weight excluding hydrogens is 274 g/mol. The quantitative estimate of drug-likeness (QED) is 0.854. The Kier molecular flexibility index (Phi) is 3.63. The Hall–Kier alpha value is -1.23. The fraction of sp³-hybridized carbons (Fsp3) is 0.600. The standard InChI is InChI=1S/C15H19NO3S/c17-14(9-11-6-8-20(18,19)10-11)13-5-1-3-12-4-2-7-16-15(12)13/h2,4,7,11,13H,1,3,5-6,8-10H2. The number of sulfone groups is 1. The van der Waals surface area contributed by atoms with Crippen molar-refractivity contribution in [3.8, 4) is 0 Å². The predicted octanol–water partition coefficient (Wildman–Crippen LogP) is 1.90. The van der Waals surface area contributed by atoms with E-state index in [0.29, 0.717) is 12.8 Å². The van der Waals surface area contributed by atoms with Crippen LogP contribution in [0.25, 0.3) is 0 Å². The first-order valence-electron chi connectivity index (χ1n) is 7.22. The van der Waals surface area contributed by atoms with Gasteiger partial charge >= 0.3 is 0 Å². The molecule has 4 nitrogen and oxygen atoms in total. The Morgan fingerprint density at radius 1 is 1.35 bits per heavy atom. The van der Waals surface area contributed by atoms with E-state index in [4.69, 9.17) is 0 Å². The molecule has 1 saturated heterocycles. The summed E-state index contributed by atoms with van der Waals surface area (Å²) >= 11 is 0. The van der Waals surface area contributed by atoms with Gasteiger partial charge in [-0.25, -0.2) is 8.42 Å². The van der Waals surface area contributed by atoms with E-state index in [1.165, 1.54) is 5.56 Å². The number of carbonyl (C=O) groups excluding carboxylic acids is 1. The number of nitrogens with zero attached hydrogens (tertiary/aromatic N) is 1. The predicted molar refractivity (Wildman–Crippen MR) is 76.3 cm³/mol.